The number of nitrogens with zero attached hydrogens (tertiary/aromatic N) is 1. The summed E-state index contributed by atoms with van der Waals surface area (Å²) in [6, 6.07) is 4.78. The minimum atomic E-state index is 0.0310. The molecule has 1 unspecified atom stereocenters. The summed E-state index contributed by atoms with van der Waals surface area (Å²) in [6.07, 6.45) is 1.24. The van der Waals surface area contributed by atoms with Crippen LogP contribution in [0.5, 0.6) is 11.5 Å². The second-order valence-electron chi connectivity index (χ2n) is 4.66. The number of carbonyl (C=O) groups is 1. The van der Waals surface area contributed by atoms with Crippen LogP contribution in [0.15, 0.2) is 18.2 Å². The highest BCUT2D eigenvalue weighted by Gasteiger charge is 2.26. The van der Waals surface area contributed by atoms with Crippen LogP contribution in [0.1, 0.15) is 12.0 Å². The summed E-state index contributed by atoms with van der Waals surface area (Å²) in [6.45, 7) is 1.36. The van der Waals surface area contributed by atoms with Crippen molar-refractivity contribution in [2.45, 2.75) is 18.9 Å². The first kappa shape index (κ1) is 13.7. The third kappa shape index (κ3) is 3.17. The SMILES string of the molecule is COc1ccc(O)cc1CC(=O)N1CCC(OC)C1. The number of hydrogen-bond donors (Lipinski definition) is 1. The Morgan fingerprint density at radius 1 is 1.47 bits per heavy atom. The molecule has 5 heteroatoms. The highest BCUT2D eigenvalue weighted by Crippen LogP contribution is 2.24. The molecule has 19 heavy (non-hydrogen) atoms. The molecule has 1 amide bonds. The molecule has 1 aliphatic heterocycles. The van der Waals surface area contributed by atoms with Crippen molar-refractivity contribution in [3.05, 3.63) is 23.8 Å². The van der Waals surface area contributed by atoms with E-state index in [2.05, 4.69) is 0 Å². The minimum absolute atomic E-state index is 0.0310. The van der Waals surface area contributed by atoms with Crippen molar-refractivity contribution >= 4 is 5.91 Å². The number of phenolic OH excluding ortho intramolecular Hbond substituents is 1. The zero-order valence-corrected chi connectivity index (χ0v) is 11.3. The lowest BCUT2D eigenvalue weighted by Gasteiger charge is -2.17. The molecule has 0 spiro atoms. The summed E-state index contributed by atoms with van der Waals surface area (Å²) < 4.78 is 10.4. The molecule has 1 aliphatic rings. The molecule has 1 saturated heterocycles. The molecule has 1 atom stereocenters. The second kappa shape index (κ2) is 5.93. The summed E-state index contributed by atoms with van der Waals surface area (Å²) in [4.78, 5) is 14.0. The smallest absolute Gasteiger partial charge is 0.227 e. The molecule has 0 saturated carbocycles. The van der Waals surface area contributed by atoms with E-state index in [1.54, 1.807) is 37.3 Å². The van der Waals surface area contributed by atoms with Gasteiger partial charge in [-0.05, 0) is 24.6 Å². The Morgan fingerprint density at radius 2 is 2.26 bits per heavy atom. The van der Waals surface area contributed by atoms with E-state index in [-0.39, 0.29) is 24.2 Å². The zero-order valence-electron chi connectivity index (χ0n) is 11.3. The van der Waals surface area contributed by atoms with Crippen molar-refractivity contribution in [2.24, 2.45) is 0 Å². The largest absolute Gasteiger partial charge is 0.508 e. The van der Waals surface area contributed by atoms with E-state index in [1.165, 1.54) is 0 Å². The lowest BCUT2D eigenvalue weighted by Crippen LogP contribution is -2.31. The minimum Gasteiger partial charge on any atom is -0.508 e. The Morgan fingerprint density at radius 3 is 2.89 bits per heavy atom. The van der Waals surface area contributed by atoms with Gasteiger partial charge >= 0.3 is 0 Å². The van der Waals surface area contributed by atoms with Crippen LogP contribution in [-0.2, 0) is 16.0 Å². The molecule has 0 radical (unpaired) electrons. The number of phenols is 1. The van der Waals surface area contributed by atoms with Gasteiger partial charge in [0.25, 0.3) is 0 Å². The normalized spacial score (nSPS) is 18.6. The van der Waals surface area contributed by atoms with Crippen molar-refractivity contribution in [3.8, 4) is 11.5 Å². The Hall–Kier alpha value is -1.75. The summed E-state index contributed by atoms with van der Waals surface area (Å²) in [5.74, 6) is 0.789. The zero-order chi connectivity index (χ0) is 13.8. The fourth-order valence-electron chi connectivity index (χ4n) is 2.32. The van der Waals surface area contributed by atoms with Gasteiger partial charge < -0.3 is 19.5 Å². The summed E-state index contributed by atoms with van der Waals surface area (Å²) in [7, 11) is 3.22. The molecular formula is C14H19NO4. The van der Waals surface area contributed by atoms with Crippen LogP contribution in [0.4, 0.5) is 0 Å². The van der Waals surface area contributed by atoms with Gasteiger partial charge in [0, 0.05) is 25.8 Å². The maximum Gasteiger partial charge on any atom is 0.227 e. The number of carbonyl (C=O) groups excluding carboxylic acids is 1. The molecule has 2 rings (SSSR count). The van der Waals surface area contributed by atoms with Gasteiger partial charge in [-0.15, -0.1) is 0 Å². The molecular weight excluding hydrogens is 246 g/mol. The van der Waals surface area contributed by atoms with Crippen LogP contribution in [-0.4, -0.2) is 49.3 Å². The lowest BCUT2D eigenvalue weighted by molar-refractivity contribution is -0.129. The van der Waals surface area contributed by atoms with E-state index in [0.29, 0.717) is 17.9 Å². The summed E-state index contributed by atoms with van der Waals surface area (Å²) in [5, 5.41) is 9.49. The lowest BCUT2D eigenvalue weighted by atomic mass is 10.1. The van der Waals surface area contributed by atoms with E-state index in [0.717, 1.165) is 13.0 Å². The molecule has 5 nitrogen and oxygen atoms in total. The van der Waals surface area contributed by atoms with Crippen molar-refractivity contribution in [3.63, 3.8) is 0 Å². The van der Waals surface area contributed by atoms with E-state index in [4.69, 9.17) is 9.47 Å². The van der Waals surface area contributed by atoms with Crippen LogP contribution < -0.4 is 4.74 Å². The van der Waals surface area contributed by atoms with Gasteiger partial charge in [0.1, 0.15) is 11.5 Å². The maximum absolute atomic E-state index is 12.2. The first-order chi connectivity index (χ1) is 9.13. The second-order valence-corrected chi connectivity index (χ2v) is 4.66. The number of methoxy groups -OCH3 is 2. The Labute approximate surface area is 112 Å². The number of hydrogen-bond acceptors (Lipinski definition) is 4. The fraction of sp³-hybridized carbons (Fsp3) is 0.500. The monoisotopic (exact) mass is 265 g/mol. The molecule has 0 bridgehead atoms. The predicted octanol–water partition coefficient (Wildman–Crippen LogP) is 1.19. The van der Waals surface area contributed by atoms with Crippen LogP contribution >= 0.6 is 0 Å². The molecule has 1 heterocycles. The third-order valence-electron chi connectivity index (χ3n) is 3.44. The third-order valence-corrected chi connectivity index (χ3v) is 3.44. The van der Waals surface area contributed by atoms with Gasteiger partial charge in [0.05, 0.1) is 19.6 Å². The predicted molar refractivity (Wildman–Crippen MR) is 70.4 cm³/mol. The van der Waals surface area contributed by atoms with Crippen LogP contribution in [0.3, 0.4) is 0 Å². The van der Waals surface area contributed by atoms with Crippen LogP contribution in [0.2, 0.25) is 0 Å². The maximum atomic E-state index is 12.2. The Bertz CT molecular complexity index is 461. The molecule has 104 valence electrons. The highest BCUT2D eigenvalue weighted by molar-refractivity contribution is 5.80. The van der Waals surface area contributed by atoms with E-state index in [9.17, 15) is 9.90 Å². The van der Waals surface area contributed by atoms with E-state index >= 15 is 0 Å². The van der Waals surface area contributed by atoms with Gasteiger partial charge in [-0.2, -0.15) is 0 Å². The van der Waals surface area contributed by atoms with Gasteiger partial charge in [0.2, 0.25) is 5.91 Å². The van der Waals surface area contributed by atoms with Gasteiger partial charge in [0.15, 0.2) is 0 Å². The summed E-state index contributed by atoms with van der Waals surface area (Å²) in [5.41, 5.74) is 0.702. The van der Waals surface area contributed by atoms with Crippen LogP contribution in [0.25, 0.3) is 0 Å². The highest BCUT2D eigenvalue weighted by atomic mass is 16.5. The number of ether oxygens (including phenoxy) is 2. The number of amides is 1. The number of likely N-dealkylation sites (tertiary alicyclic amines) is 1. The number of aromatic hydroxyl groups is 1. The Balaban J connectivity index is 2.05. The van der Waals surface area contributed by atoms with Gasteiger partial charge in [-0.1, -0.05) is 0 Å². The molecule has 0 aliphatic carbocycles. The molecule has 1 aromatic rings. The Kier molecular flexibility index (Phi) is 4.27. The first-order valence-corrected chi connectivity index (χ1v) is 6.30. The number of rotatable bonds is 4. The van der Waals surface area contributed by atoms with Crippen molar-refractivity contribution in [2.75, 3.05) is 27.3 Å². The quantitative estimate of drug-likeness (QED) is 0.888. The molecule has 1 aromatic carbocycles. The van der Waals surface area contributed by atoms with Crippen molar-refractivity contribution in [1.82, 2.24) is 4.90 Å². The first-order valence-electron chi connectivity index (χ1n) is 6.30. The van der Waals surface area contributed by atoms with Crippen molar-refractivity contribution < 1.29 is 19.4 Å². The van der Waals surface area contributed by atoms with Crippen LogP contribution in [0, 0.1) is 0 Å². The van der Waals surface area contributed by atoms with E-state index in [1.807, 2.05) is 0 Å². The van der Waals surface area contributed by atoms with Crippen molar-refractivity contribution in [1.29, 1.82) is 0 Å². The summed E-state index contributed by atoms with van der Waals surface area (Å²) >= 11 is 0. The van der Waals surface area contributed by atoms with Gasteiger partial charge in [-0.25, -0.2) is 0 Å². The average molecular weight is 265 g/mol. The molecule has 0 aromatic heterocycles. The fourth-order valence-corrected chi connectivity index (χ4v) is 2.32. The van der Waals surface area contributed by atoms with Gasteiger partial charge in [-0.3, -0.25) is 4.79 Å². The molecule has 1 fully saturated rings. The molecule has 1 N–H and O–H groups in total. The topological polar surface area (TPSA) is 59.0 Å². The average Bonchev–Trinajstić information content (AvgIpc) is 2.88. The van der Waals surface area contributed by atoms with E-state index < -0.39 is 0 Å². The number of benzene rings is 1. The standard InChI is InChI=1S/C14H19NO4/c1-18-12-5-6-15(9-12)14(17)8-10-7-11(16)3-4-13(10)19-2/h3-4,7,12,16H,5-6,8-9H2,1-2H3.